The molecule has 0 spiro atoms. The van der Waals surface area contributed by atoms with E-state index in [1.165, 1.54) is 0 Å². The normalized spacial score (nSPS) is 14.6. The minimum absolute atomic E-state index is 0.215. The van der Waals surface area contributed by atoms with Gasteiger partial charge in [-0.2, -0.15) is 0 Å². The molecule has 0 bridgehead atoms. The predicted molar refractivity (Wildman–Crippen MR) is 69.6 cm³/mol. The summed E-state index contributed by atoms with van der Waals surface area (Å²) in [4.78, 5) is 14.2. The molecule has 17 heavy (non-hydrogen) atoms. The van der Waals surface area contributed by atoms with Crippen molar-refractivity contribution in [2.45, 2.75) is 38.6 Å². The summed E-state index contributed by atoms with van der Waals surface area (Å²) in [5, 5.41) is 0. The summed E-state index contributed by atoms with van der Waals surface area (Å²) in [7, 11) is 0. The highest BCUT2D eigenvalue weighted by molar-refractivity contribution is 5.81. The molecule has 0 atom stereocenters. The van der Waals surface area contributed by atoms with Crippen molar-refractivity contribution < 1.29 is 4.79 Å². The smallest absolute Gasteiger partial charge is 0.227 e. The number of anilines is 1. The number of hydrogen-bond donors (Lipinski definition) is 1. The van der Waals surface area contributed by atoms with Crippen LogP contribution in [0.2, 0.25) is 0 Å². The summed E-state index contributed by atoms with van der Waals surface area (Å²) < 4.78 is 0. The van der Waals surface area contributed by atoms with E-state index in [-0.39, 0.29) is 5.91 Å². The first-order chi connectivity index (χ1) is 8.22. The molecule has 0 aromatic heterocycles. The van der Waals surface area contributed by atoms with Crippen LogP contribution in [0, 0.1) is 0 Å². The van der Waals surface area contributed by atoms with E-state index >= 15 is 0 Å². The van der Waals surface area contributed by atoms with E-state index in [1.54, 1.807) is 0 Å². The van der Waals surface area contributed by atoms with Gasteiger partial charge in [0.05, 0.1) is 6.42 Å². The molecule has 2 rings (SSSR count). The highest BCUT2D eigenvalue weighted by Crippen LogP contribution is 2.28. The van der Waals surface area contributed by atoms with Crippen LogP contribution >= 0.6 is 0 Å². The average molecular weight is 232 g/mol. The lowest BCUT2D eigenvalue weighted by molar-refractivity contribution is -0.131. The zero-order valence-corrected chi connectivity index (χ0v) is 10.4. The van der Waals surface area contributed by atoms with E-state index in [9.17, 15) is 4.79 Å². The van der Waals surface area contributed by atoms with Crippen LogP contribution in [-0.2, 0) is 11.2 Å². The summed E-state index contributed by atoms with van der Waals surface area (Å²) in [6.45, 7) is 2.98. The Bertz CT molecular complexity index is 399. The SMILES string of the molecule is CCCN(C(=O)Cc1ccccc1N)C1CC1. The second kappa shape index (κ2) is 5.21. The molecule has 0 radical (unpaired) electrons. The Morgan fingerprint density at radius 3 is 2.71 bits per heavy atom. The maximum Gasteiger partial charge on any atom is 0.227 e. The van der Waals surface area contributed by atoms with E-state index in [0.717, 1.165) is 31.4 Å². The van der Waals surface area contributed by atoms with Gasteiger partial charge in [0.1, 0.15) is 0 Å². The summed E-state index contributed by atoms with van der Waals surface area (Å²) in [6, 6.07) is 8.11. The molecular weight excluding hydrogens is 212 g/mol. The van der Waals surface area contributed by atoms with Gasteiger partial charge in [0.25, 0.3) is 0 Å². The van der Waals surface area contributed by atoms with Crippen molar-refractivity contribution >= 4 is 11.6 Å². The minimum atomic E-state index is 0.215. The highest BCUT2D eigenvalue weighted by Gasteiger charge is 2.31. The Morgan fingerprint density at radius 2 is 2.12 bits per heavy atom. The fourth-order valence-electron chi connectivity index (χ4n) is 2.10. The summed E-state index contributed by atoms with van der Waals surface area (Å²) in [5.74, 6) is 0.215. The van der Waals surface area contributed by atoms with Gasteiger partial charge < -0.3 is 10.6 Å². The van der Waals surface area contributed by atoms with Crippen molar-refractivity contribution in [2.75, 3.05) is 12.3 Å². The van der Waals surface area contributed by atoms with Gasteiger partial charge in [-0.3, -0.25) is 4.79 Å². The number of carbonyl (C=O) groups excluding carboxylic acids is 1. The predicted octanol–water partition coefficient (Wildman–Crippen LogP) is 2.21. The number of nitrogens with zero attached hydrogens (tertiary/aromatic N) is 1. The molecule has 0 aliphatic heterocycles. The van der Waals surface area contributed by atoms with Crippen LogP contribution in [-0.4, -0.2) is 23.4 Å². The van der Waals surface area contributed by atoms with Gasteiger partial charge in [-0.05, 0) is 30.9 Å². The first kappa shape index (κ1) is 12.0. The molecule has 92 valence electrons. The molecule has 3 heteroatoms. The molecule has 1 fully saturated rings. The molecule has 0 heterocycles. The van der Waals surface area contributed by atoms with Crippen LogP contribution in [0.25, 0.3) is 0 Å². The largest absolute Gasteiger partial charge is 0.398 e. The first-order valence-corrected chi connectivity index (χ1v) is 6.35. The van der Waals surface area contributed by atoms with Gasteiger partial charge >= 0.3 is 0 Å². The minimum Gasteiger partial charge on any atom is -0.398 e. The molecule has 0 unspecified atom stereocenters. The molecule has 1 saturated carbocycles. The molecule has 1 aliphatic carbocycles. The van der Waals surface area contributed by atoms with Crippen molar-refractivity contribution in [1.82, 2.24) is 4.90 Å². The molecule has 3 nitrogen and oxygen atoms in total. The summed E-state index contributed by atoms with van der Waals surface area (Å²) in [6.07, 6.45) is 3.78. The quantitative estimate of drug-likeness (QED) is 0.791. The van der Waals surface area contributed by atoms with Crippen molar-refractivity contribution in [3.8, 4) is 0 Å². The molecule has 1 aromatic rings. The van der Waals surface area contributed by atoms with Crippen LogP contribution in [0.3, 0.4) is 0 Å². The van der Waals surface area contributed by atoms with E-state index in [0.29, 0.717) is 18.2 Å². The molecule has 2 N–H and O–H groups in total. The van der Waals surface area contributed by atoms with Crippen LogP contribution in [0.15, 0.2) is 24.3 Å². The third-order valence-electron chi connectivity index (χ3n) is 3.17. The van der Waals surface area contributed by atoms with Crippen molar-refractivity contribution in [1.29, 1.82) is 0 Å². The van der Waals surface area contributed by atoms with E-state index in [2.05, 4.69) is 6.92 Å². The lowest BCUT2D eigenvalue weighted by Gasteiger charge is -2.22. The monoisotopic (exact) mass is 232 g/mol. The molecule has 1 aliphatic rings. The Balaban J connectivity index is 2.02. The third kappa shape index (κ3) is 2.99. The first-order valence-electron chi connectivity index (χ1n) is 6.35. The van der Waals surface area contributed by atoms with Crippen LogP contribution in [0.5, 0.6) is 0 Å². The van der Waals surface area contributed by atoms with Crippen LogP contribution < -0.4 is 5.73 Å². The van der Waals surface area contributed by atoms with Crippen molar-refractivity contribution in [2.24, 2.45) is 0 Å². The number of benzene rings is 1. The Hall–Kier alpha value is -1.51. The zero-order valence-electron chi connectivity index (χ0n) is 10.4. The molecule has 1 aromatic carbocycles. The number of amides is 1. The van der Waals surface area contributed by atoms with Gasteiger partial charge in [0, 0.05) is 18.3 Å². The molecule has 0 saturated heterocycles. The fourth-order valence-corrected chi connectivity index (χ4v) is 2.10. The Labute approximate surface area is 103 Å². The van der Waals surface area contributed by atoms with E-state index in [1.807, 2.05) is 29.2 Å². The Morgan fingerprint density at radius 1 is 1.41 bits per heavy atom. The standard InChI is InChI=1S/C14H20N2O/c1-2-9-16(12-7-8-12)14(17)10-11-5-3-4-6-13(11)15/h3-6,12H,2,7-10,15H2,1H3. The number of nitrogens with two attached hydrogens (primary N) is 1. The molecular formula is C14H20N2O. The van der Waals surface area contributed by atoms with E-state index in [4.69, 9.17) is 5.73 Å². The fraction of sp³-hybridized carbons (Fsp3) is 0.500. The van der Waals surface area contributed by atoms with Crippen molar-refractivity contribution in [3.63, 3.8) is 0 Å². The third-order valence-corrected chi connectivity index (χ3v) is 3.17. The maximum absolute atomic E-state index is 12.2. The van der Waals surface area contributed by atoms with Crippen molar-refractivity contribution in [3.05, 3.63) is 29.8 Å². The zero-order chi connectivity index (χ0) is 12.3. The second-order valence-corrected chi connectivity index (χ2v) is 4.69. The summed E-state index contributed by atoms with van der Waals surface area (Å²) in [5.41, 5.74) is 7.52. The number of rotatable bonds is 5. The topological polar surface area (TPSA) is 46.3 Å². The second-order valence-electron chi connectivity index (χ2n) is 4.69. The van der Waals surface area contributed by atoms with Crippen LogP contribution in [0.1, 0.15) is 31.7 Å². The number of carbonyl (C=O) groups is 1. The van der Waals surface area contributed by atoms with Gasteiger partial charge in [-0.15, -0.1) is 0 Å². The lowest BCUT2D eigenvalue weighted by Crippen LogP contribution is -2.35. The van der Waals surface area contributed by atoms with Gasteiger partial charge in [0.2, 0.25) is 5.91 Å². The van der Waals surface area contributed by atoms with E-state index < -0.39 is 0 Å². The molecule has 1 amide bonds. The lowest BCUT2D eigenvalue weighted by atomic mass is 10.1. The number of hydrogen-bond acceptors (Lipinski definition) is 2. The Kier molecular flexibility index (Phi) is 3.67. The van der Waals surface area contributed by atoms with Gasteiger partial charge in [-0.1, -0.05) is 25.1 Å². The highest BCUT2D eigenvalue weighted by atomic mass is 16.2. The van der Waals surface area contributed by atoms with Gasteiger partial charge in [-0.25, -0.2) is 0 Å². The van der Waals surface area contributed by atoms with Gasteiger partial charge in [0.15, 0.2) is 0 Å². The maximum atomic E-state index is 12.2. The van der Waals surface area contributed by atoms with Crippen LogP contribution in [0.4, 0.5) is 5.69 Å². The number of para-hydroxylation sites is 1. The average Bonchev–Trinajstić information content (AvgIpc) is 3.13. The number of nitrogen functional groups attached to an aromatic ring is 1. The summed E-state index contributed by atoms with van der Waals surface area (Å²) >= 11 is 0.